The molecule has 0 radical (unpaired) electrons. The van der Waals surface area contributed by atoms with E-state index in [1.807, 2.05) is 12.1 Å². The molecule has 0 aliphatic rings. The number of hydrogen-bond donors (Lipinski definition) is 0. The number of halogens is 2. The Labute approximate surface area is 129 Å². The third-order valence-corrected chi connectivity index (χ3v) is 3.36. The molecule has 0 aliphatic carbocycles. The Balaban J connectivity index is 0.00000180. The molecule has 3 nitrogen and oxygen atoms in total. The molecule has 104 valence electrons. The van der Waals surface area contributed by atoms with E-state index in [0.29, 0.717) is 0 Å². The van der Waals surface area contributed by atoms with Crippen LogP contribution in [0, 0.1) is 0 Å². The van der Waals surface area contributed by atoms with Crippen molar-refractivity contribution in [1.29, 1.82) is 0 Å². The molecule has 19 heavy (non-hydrogen) atoms. The molecule has 2 aromatic rings. The van der Waals surface area contributed by atoms with Crippen molar-refractivity contribution in [2.45, 2.75) is 26.7 Å². The van der Waals surface area contributed by atoms with E-state index in [0.717, 1.165) is 47.1 Å². The topological polar surface area (TPSA) is 29.0 Å². The van der Waals surface area contributed by atoms with Gasteiger partial charge in [0.15, 0.2) is 0 Å². The number of nitrogens with zero attached hydrogens (tertiary/aromatic N) is 3. The highest BCUT2D eigenvalue weighted by atomic mass is 79.9. The summed E-state index contributed by atoms with van der Waals surface area (Å²) in [6, 6.07) is 6.15. The Morgan fingerprint density at radius 2 is 1.79 bits per heavy atom. The summed E-state index contributed by atoms with van der Waals surface area (Å²) in [5, 5.41) is 1.12. The van der Waals surface area contributed by atoms with Crippen LogP contribution in [0.1, 0.15) is 26.7 Å². The molecule has 0 atom stereocenters. The number of rotatable bonds is 5. The molecule has 0 fully saturated rings. The van der Waals surface area contributed by atoms with Gasteiger partial charge in [0.2, 0.25) is 0 Å². The van der Waals surface area contributed by atoms with Crippen molar-refractivity contribution in [3.8, 4) is 0 Å². The second-order valence-corrected chi connectivity index (χ2v) is 5.26. The summed E-state index contributed by atoms with van der Waals surface area (Å²) < 4.78 is 1.07. The van der Waals surface area contributed by atoms with E-state index < -0.39 is 0 Å². The normalized spacial score (nSPS) is 10.3. The van der Waals surface area contributed by atoms with Gasteiger partial charge < -0.3 is 17.3 Å². The fourth-order valence-corrected chi connectivity index (χ4v) is 2.49. The smallest absolute Gasteiger partial charge is 0.139 e. The lowest BCUT2D eigenvalue weighted by Gasteiger charge is -2.23. The van der Waals surface area contributed by atoms with Crippen LogP contribution in [0.25, 0.3) is 10.9 Å². The second-order valence-electron chi connectivity index (χ2n) is 4.35. The van der Waals surface area contributed by atoms with Gasteiger partial charge in [0.25, 0.3) is 0 Å². The predicted molar refractivity (Wildman–Crippen MR) is 80.0 cm³/mol. The highest BCUT2D eigenvalue weighted by Crippen LogP contribution is 2.26. The fourth-order valence-electron chi connectivity index (χ4n) is 2.13. The lowest BCUT2D eigenvalue weighted by atomic mass is 10.2. The van der Waals surface area contributed by atoms with E-state index in [1.165, 1.54) is 0 Å². The van der Waals surface area contributed by atoms with Crippen LogP contribution in [0.2, 0.25) is 0 Å². The van der Waals surface area contributed by atoms with Crippen molar-refractivity contribution in [3.63, 3.8) is 0 Å². The highest BCUT2D eigenvalue weighted by molar-refractivity contribution is 9.10. The van der Waals surface area contributed by atoms with E-state index in [1.54, 1.807) is 6.33 Å². The van der Waals surface area contributed by atoms with Crippen LogP contribution in [0.3, 0.4) is 0 Å². The molecule has 1 aromatic heterocycles. The monoisotopic (exact) mass is 342 g/mol. The zero-order chi connectivity index (χ0) is 13.0. The maximum absolute atomic E-state index is 4.48. The van der Waals surface area contributed by atoms with E-state index >= 15 is 0 Å². The van der Waals surface area contributed by atoms with Crippen LogP contribution < -0.4 is 17.3 Å². The van der Waals surface area contributed by atoms with Gasteiger partial charge in [0.1, 0.15) is 12.1 Å². The van der Waals surface area contributed by atoms with Gasteiger partial charge in [-0.1, -0.05) is 29.8 Å². The van der Waals surface area contributed by atoms with Crippen molar-refractivity contribution < 1.29 is 12.4 Å². The molecule has 1 aromatic carbocycles. The molecule has 0 saturated carbocycles. The molecule has 0 unspecified atom stereocenters. The van der Waals surface area contributed by atoms with Gasteiger partial charge >= 0.3 is 0 Å². The molecule has 0 amide bonds. The summed E-state index contributed by atoms with van der Waals surface area (Å²) in [6.45, 7) is 6.46. The summed E-state index contributed by atoms with van der Waals surface area (Å²) >= 11 is 3.52. The molecule has 0 bridgehead atoms. The minimum Gasteiger partial charge on any atom is -1.00 e. The number of hydrogen-bond acceptors (Lipinski definition) is 3. The first kappa shape index (κ1) is 16.2. The van der Waals surface area contributed by atoms with Gasteiger partial charge in [-0.05, 0) is 31.0 Å². The number of anilines is 1. The standard InChI is InChI=1S/C14H18BrN3.ClH/c1-3-7-18(8-4-2)14-12-9-11(15)5-6-13(12)16-10-17-14;/h5-6,9-10H,3-4,7-8H2,1-2H3;1H/p-1. The third kappa shape index (κ3) is 3.80. The Bertz CT molecular complexity index is 527. The van der Waals surface area contributed by atoms with Crippen molar-refractivity contribution in [2.24, 2.45) is 0 Å². The maximum atomic E-state index is 4.48. The first-order chi connectivity index (χ1) is 8.76. The van der Waals surface area contributed by atoms with E-state index in [2.05, 4.69) is 50.7 Å². The Morgan fingerprint density at radius 1 is 1.11 bits per heavy atom. The van der Waals surface area contributed by atoms with Crippen molar-refractivity contribution in [2.75, 3.05) is 18.0 Å². The van der Waals surface area contributed by atoms with Crippen molar-refractivity contribution in [1.82, 2.24) is 9.97 Å². The Hall–Kier alpha value is -0.870. The molecule has 5 heteroatoms. The Morgan fingerprint density at radius 3 is 2.42 bits per heavy atom. The molecule has 0 N–H and O–H groups in total. The van der Waals surface area contributed by atoms with Crippen LogP contribution in [0.4, 0.5) is 5.82 Å². The molecule has 0 spiro atoms. The van der Waals surface area contributed by atoms with Gasteiger partial charge in [0.05, 0.1) is 5.52 Å². The van der Waals surface area contributed by atoms with Crippen LogP contribution in [0.15, 0.2) is 29.0 Å². The third-order valence-electron chi connectivity index (χ3n) is 2.86. The van der Waals surface area contributed by atoms with Crippen molar-refractivity contribution >= 4 is 32.7 Å². The first-order valence-electron chi connectivity index (χ1n) is 6.41. The van der Waals surface area contributed by atoms with E-state index in [9.17, 15) is 0 Å². The zero-order valence-electron chi connectivity index (χ0n) is 11.2. The lowest BCUT2D eigenvalue weighted by molar-refractivity contribution is -0.00000376. The Kier molecular flexibility index (Phi) is 6.52. The molecular weight excluding hydrogens is 326 g/mol. The summed E-state index contributed by atoms with van der Waals surface area (Å²) in [5.41, 5.74) is 1.00. The van der Waals surface area contributed by atoms with E-state index in [4.69, 9.17) is 0 Å². The summed E-state index contributed by atoms with van der Waals surface area (Å²) in [5.74, 6) is 1.05. The van der Waals surface area contributed by atoms with Gasteiger partial charge in [-0.15, -0.1) is 0 Å². The minimum atomic E-state index is 0. The lowest BCUT2D eigenvalue weighted by Crippen LogP contribution is -3.00. The second kappa shape index (κ2) is 7.65. The first-order valence-corrected chi connectivity index (χ1v) is 7.20. The van der Waals surface area contributed by atoms with Crippen LogP contribution in [0.5, 0.6) is 0 Å². The van der Waals surface area contributed by atoms with E-state index in [-0.39, 0.29) is 12.4 Å². The number of benzene rings is 1. The summed E-state index contributed by atoms with van der Waals surface area (Å²) in [6.07, 6.45) is 3.91. The number of fused-ring (bicyclic) bond motifs is 1. The van der Waals surface area contributed by atoms with Gasteiger partial charge in [-0.3, -0.25) is 0 Å². The molecule has 0 saturated heterocycles. The fraction of sp³-hybridized carbons (Fsp3) is 0.429. The van der Waals surface area contributed by atoms with Gasteiger partial charge in [-0.25, -0.2) is 9.97 Å². The summed E-state index contributed by atoms with van der Waals surface area (Å²) in [4.78, 5) is 11.2. The summed E-state index contributed by atoms with van der Waals surface area (Å²) in [7, 11) is 0. The molecular formula is C14H18BrClN3-. The van der Waals surface area contributed by atoms with Crippen LogP contribution in [-0.4, -0.2) is 23.1 Å². The van der Waals surface area contributed by atoms with Crippen LogP contribution >= 0.6 is 15.9 Å². The molecule has 2 rings (SSSR count). The SMILES string of the molecule is CCCN(CCC)c1ncnc2ccc(Br)cc12.[Cl-]. The predicted octanol–water partition coefficient (Wildman–Crippen LogP) is 1.02. The van der Waals surface area contributed by atoms with Crippen LogP contribution in [-0.2, 0) is 0 Å². The number of aromatic nitrogens is 2. The average molecular weight is 344 g/mol. The van der Waals surface area contributed by atoms with Crippen molar-refractivity contribution in [3.05, 3.63) is 29.0 Å². The van der Waals surface area contributed by atoms with Gasteiger partial charge in [-0.2, -0.15) is 0 Å². The minimum absolute atomic E-state index is 0. The molecule has 1 heterocycles. The maximum Gasteiger partial charge on any atom is 0.139 e. The van der Waals surface area contributed by atoms with Gasteiger partial charge in [0, 0.05) is 22.9 Å². The zero-order valence-corrected chi connectivity index (χ0v) is 13.6. The molecule has 0 aliphatic heterocycles. The quantitative estimate of drug-likeness (QED) is 0.812. The average Bonchev–Trinajstić information content (AvgIpc) is 2.38. The highest BCUT2D eigenvalue weighted by Gasteiger charge is 2.11. The largest absolute Gasteiger partial charge is 1.00 e.